The van der Waals surface area contributed by atoms with Crippen LogP contribution in [0.15, 0.2) is 47.1 Å². The number of nitro benzene ring substituents is 1. The number of nitrogens with one attached hydrogen (secondary N) is 2. The van der Waals surface area contributed by atoms with E-state index >= 15 is 0 Å². The molecule has 1 heterocycles. The van der Waals surface area contributed by atoms with E-state index < -0.39 is 22.3 Å². The third-order valence-corrected chi connectivity index (χ3v) is 3.19. The Morgan fingerprint density at radius 3 is 2.46 bits per heavy atom. The molecule has 126 valence electrons. The predicted molar refractivity (Wildman–Crippen MR) is 83.0 cm³/mol. The summed E-state index contributed by atoms with van der Waals surface area (Å²) in [5, 5.41) is 25.3. The van der Waals surface area contributed by atoms with E-state index in [-0.39, 0.29) is 23.7 Å². The molecule has 0 spiro atoms. The van der Waals surface area contributed by atoms with Crippen LogP contribution in [0.3, 0.4) is 0 Å². The number of carbonyl (C=O) groups is 2. The van der Waals surface area contributed by atoms with E-state index in [0.29, 0.717) is 0 Å². The largest absolute Gasteiger partial charge is 0.466 e. The Balaban J connectivity index is 1.90. The quantitative estimate of drug-likeness (QED) is 0.427. The molecule has 9 nitrogen and oxygen atoms in total. The zero-order chi connectivity index (χ0) is 17.7. The number of amides is 2. The molecular formula is C15H15N3O6. The maximum atomic E-state index is 11.8. The lowest BCUT2D eigenvalue weighted by molar-refractivity contribution is -0.384. The number of hydrogen-bond acceptors (Lipinski definition) is 6. The molecule has 0 bridgehead atoms. The summed E-state index contributed by atoms with van der Waals surface area (Å²) < 4.78 is 5.06. The second-order valence-electron chi connectivity index (χ2n) is 5.19. The minimum absolute atomic E-state index is 0.132. The van der Waals surface area contributed by atoms with Crippen molar-refractivity contribution in [2.24, 2.45) is 0 Å². The van der Waals surface area contributed by atoms with Gasteiger partial charge in [-0.3, -0.25) is 19.7 Å². The number of non-ortho nitro benzene ring substituents is 1. The maximum absolute atomic E-state index is 11.8. The number of anilines is 1. The highest BCUT2D eigenvalue weighted by Gasteiger charge is 2.28. The first-order valence-corrected chi connectivity index (χ1v) is 6.89. The fourth-order valence-electron chi connectivity index (χ4n) is 1.86. The smallest absolute Gasteiger partial charge is 0.313 e. The van der Waals surface area contributed by atoms with E-state index in [1.54, 1.807) is 12.1 Å². The summed E-state index contributed by atoms with van der Waals surface area (Å²) >= 11 is 0. The first kappa shape index (κ1) is 17.2. The van der Waals surface area contributed by atoms with Gasteiger partial charge in [0.2, 0.25) is 0 Å². The Bertz CT molecular complexity index is 737. The Hall–Kier alpha value is -3.20. The minimum atomic E-state index is -1.47. The summed E-state index contributed by atoms with van der Waals surface area (Å²) in [6.07, 6.45) is 1.38. The van der Waals surface area contributed by atoms with Gasteiger partial charge in [0.1, 0.15) is 11.4 Å². The highest BCUT2D eigenvalue weighted by molar-refractivity contribution is 6.39. The van der Waals surface area contributed by atoms with Crippen molar-refractivity contribution in [2.45, 2.75) is 12.5 Å². The lowest BCUT2D eigenvalue weighted by Gasteiger charge is -2.20. The molecule has 0 aliphatic rings. The van der Waals surface area contributed by atoms with Crippen LogP contribution in [0.25, 0.3) is 0 Å². The van der Waals surface area contributed by atoms with Gasteiger partial charge in [-0.2, -0.15) is 0 Å². The molecule has 0 aliphatic carbocycles. The average molecular weight is 333 g/mol. The normalized spacial score (nSPS) is 12.9. The molecule has 2 rings (SSSR count). The van der Waals surface area contributed by atoms with Crippen LogP contribution < -0.4 is 10.6 Å². The monoisotopic (exact) mass is 333 g/mol. The van der Waals surface area contributed by atoms with Crippen LogP contribution in [0, 0.1) is 10.1 Å². The van der Waals surface area contributed by atoms with Crippen LogP contribution in [0.2, 0.25) is 0 Å². The lowest BCUT2D eigenvalue weighted by Crippen LogP contribution is -2.43. The minimum Gasteiger partial charge on any atom is -0.466 e. The molecule has 0 aliphatic heterocycles. The molecular weight excluding hydrogens is 318 g/mol. The summed E-state index contributed by atoms with van der Waals surface area (Å²) in [6.45, 7) is 1.20. The van der Waals surface area contributed by atoms with Crippen molar-refractivity contribution in [1.82, 2.24) is 5.32 Å². The first-order chi connectivity index (χ1) is 11.3. The van der Waals surface area contributed by atoms with Crippen molar-refractivity contribution in [3.63, 3.8) is 0 Å². The lowest BCUT2D eigenvalue weighted by atomic mass is 10.0. The van der Waals surface area contributed by atoms with E-state index in [0.717, 1.165) is 0 Å². The van der Waals surface area contributed by atoms with Gasteiger partial charge in [0.15, 0.2) is 0 Å². The van der Waals surface area contributed by atoms with Crippen molar-refractivity contribution < 1.29 is 24.0 Å². The summed E-state index contributed by atoms with van der Waals surface area (Å²) in [5.41, 5.74) is -1.36. The number of hydrogen-bond donors (Lipinski definition) is 3. The van der Waals surface area contributed by atoms with Crippen molar-refractivity contribution >= 4 is 23.2 Å². The van der Waals surface area contributed by atoms with Crippen LogP contribution in [0.4, 0.5) is 11.4 Å². The fourth-order valence-corrected chi connectivity index (χ4v) is 1.86. The third kappa shape index (κ3) is 4.17. The number of benzene rings is 1. The molecule has 1 aromatic carbocycles. The molecule has 0 saturated carbocycles. The zero-order valence-corrected chi connectivity index (χ0v) is 12.7. The molecule has 1 unspecified atom stereocenters. The third-order valence-electron chi connectivity index (χ3n) is 3.19. The Morgan fingerprint density at radius 2 is 1.92 bits per heavy atom. The summed E-state index contributed by atoms with van der Waals surface area (Å²) in [4.78, 5) is 33.5. The van der Waals surface area contributed by atoms with E-state index in [1.165, 1.54) is 37.5 Å². The molecule has 2 amide bonds. The predicted octanol–water partition coefficient (Wildman–Crippen LogP) is 1.15. The first-order valence-electron chi connectivity index (χ1n) is 6.89. The molecule has 24 heavy (non-hydrogen) atoms. The van der Waals surface area contributed by atoms with Gasteiger partial charge in [-0.15, -0.1) is 0 Å². The van der Waals surface area contributed by atoms with Crippen LogP contribution in [-0.4, -0.2) is 28.4 Å². The number of rotatable bonds is 5. The Morgan fingerprint density at radius 1 is 1.25 bits per heavy atom. The SMILES string of the molecule is CC(O)(CNC(=O)C(=O)Nc1ccc([N+](=O)[O-])cc1)c1ccco1. The molecule has 1 atom stereocenters. The second-order valence-corrected chi connectivity index (χ2v) is 5.19. The maximum Gasteiger partial charge on any atom is 0.313 e. The molecule has 0 radical (unpaired) electrons. The average Bonchev–Trinajstić information content (AvgIpc) is 3.08. The number of furan rings is 1. The van der Waals surface area contributed by atoms with Crippen molar-refractivity contribution in [1.29, 1.82) is 0 Å². The summed E-state index contributed by atoms with van der Waals surface area (Å²) in [5.74, 6) is -1.67. The van der Waals surface area contributed by atoms with Crippen molar-refractivity contribution in [3.8, 4) is 0 Å². The van der Waals surface area contributed by atoms with Gasteiger partial charge in [0.05, 0.1) is 17.7 Å². The van der Waals surface area contributed by atoms with Gasteiger partial charge in [-0.05, 0) is 31.2 Å². The highest BCUT2D eigenvalue weighted by atomic mass is 16.6. The van der Waals surface area contributed by atoms with Crippen molar-refractivity contribution in [3.05, 3.63) is 58.5 Å². The van der Waals surface area contributed by atoms with Crippen LogP contribution in [-0.2, 0) is 15.2 Å². The number of aliphatic hydroxyl groups is 1. The van der Waals surface area contributed by atoms with E-state index in [1.807, 2.05) is 0 Å². The number of nitrogens with zero attached hydrogens (tertiary/aromatic N) is 1. The van der Waals surface area contributed by atoms with E-state index in [9.17, 15) is 24.8 Å². The summed E-state index contributed by atoms with van der Waals surface area (Å²) in [7, 11) is 0. The van der Waals surface area contributed by atoms with Crippen LogP contribution in [0.1, 0.15) is 12.7 Å². The Labute approximate surface area is 136 Å². The van der Waals surface area contributed by atoms with Gasteiger partial charge in [0, 0.05) is 17.8 Å². The molecule has 1 aromatic heterocycles. The standard InChI is InChI=1S/C15H15N3O6/c1-15(21,12-3-2-8-24-12)9-16-13(19)14(20)17-10-4-6-11(7-5-10)18(22)23/h2-8,21H,9H2,1H3,(H,16,19)(H,17,20). The van der Waals surface area contributed by atoms with Gasteiger partial charge >= 0.3 is 11.8 Å². The molecule has 9 heteroatoms. The Kier molecular flexibility index (Phi) is 4.95. The van der Waals surface area contributed by atoms with Crippen LogP contribution in [0.5, 0.6) is 0 Å². The zero-order valence-electron chi connectivity index (χ0n) is 12.7. The molecule has 3 N–H and O–H groups in total. The van der Waals surface area contributed by atoms with E-state index in [4.69, 9.17) is 4.42 Å². The van der Waals surface area contributed by atoms with Gasteiger partial charge < -0.3 is 20.2 Å². The summed E-state index contributed by atoms with van der Waals surface area (Å²) in [6, 6.07) is 8.16. The van der Waals surface area contributed by atoms with Crippen molar-refractivity contribution in [2.75, 3.05) is 11.9 Å². The number of nitro groups is 1. The van der Waals surface area contributed by atoms with E-state index in [2.05, 4.69) is 10.6 Å². The van der Waals surface area contributed by atoms with Gasteiger partial charge in [-0.1, -0.05) is 0 Å². The molecule has 0 fully saturated rings. The fraction of sp³-hybridized carbons (Fsp3) is 0.200. The molecule has 2 aromatic rings. The second kappa shape index (κ2) is 6.92. The topological polar surface area (TPSA) is 135 Å². The van der Waals surface area contributed by atoms with Crippen LogP contribution >= 0.6 is 0 Å². The number of carbonyl (C=O) groups excluding carboxylic acids is 2. The van der Waals surface area contributed by atoms with Gasteiger partial charge in [-0.25, -0.2) is 0 Å². The molecule has 0 saturated heterocycles. The van der Waals surface area contributed by atoms with Gasteiger partial charge in [0.25, 0.3) is 5.69 Å². The highest BCUT2D eigenvalue weighted by Crippen LogP contribution is 2.19.